The van der Waals surface area contributed by atoms with Gasteiger partial charge in [0.1, 0.15) is 18.4 Å². The Morgan fingerprint density at radius 2 is 2.15 bits per heavy atom. The van der Waals surface area contributed by atoms with Crippen molar-refractivity contribution in [3.8, 4) is 17.1 Å². The van der Waals surface area contributed by atoms with Gasteiger partial charge in [0.2, 0.25) is 0 Å². The molecule has 1 atom stereocenters. The number of aromatic nitrogens is 9. The molecule has 2 N–H and O–H groups in total. The second kappa shape index (κ2) is 11.7. The first-order valence-electron chi connectivity index (χ1n) is 12.1. The maximum atomic E-state index is 13.3. The number of halogens is 3. The number of ether oxygens (including phenoxy) is 1. The van der Waals surface area contributed by atoms with Crippen molar-refractivity contribution in [1.29, 1.82) is 0 Å². The van der Waals surface area contributed by atoms with Crippen molar-refractivity contribution in [3.05, 3.63) is 71.9 Å². The van der Waals surface area contributed by atoms with Crippen LogP contribution in [0.5, 0.6) is 0 Å². The summed E-state index contributed by atoms with van der Waals surface area (Å²) in [4.78, 5) is 3.98. The topological polar surface area (TPSA) is 134 Å². The molecule has 0 aliphatic heterocycles. The number of hydrogen-bond acceptors (Lipinski definition) is 9. The molecule has 4 aromatic rings. The molecule has 0 bridgehead atoms. The Bertz CT molecular complexity index is 1460. The van der Waals surface area contributed by atoms with E-state index in [-0.39, 0.29) is 11.9 Å². The van der Waals surface area contributed by atoms with Crippen LogP contribution in [0.1, 0.15) is 43.8 Å². The van der Waals surface area contributed by atoms with Crippen LogP contribution < -0.4 is 5.48 Å². The Kier molecular flexibility index (Phi) is 7.93. The van der Waals surface area contributed by atoms with Crippen LogP contribution in [0.25, 0.3) is 22.6 Å². The van der Waals surface area contributed by atoms with Crippen molar-refractivity contribution >= 4 is 17.2 Å². The molecule has 1 aromatic carbocycles. The third-order valence-electron chi connectivity index (χ3n) is 6.41. The van der Waals surface area contributed by atoms with Crippen LogP contribution >= 0.6 is 11.6 Å². The van der Waals surface area contributed by atoms with Gasteiger partial charge in [-0.05, 0) is 53.5 Å². The van der Waals surface area contributed by atoms with Gasteiger partial charge in [-0.2, -0.15) is 28.3 Å². The molecule has 3 aromatic heterocycles. The highest BCUT2D eigenvalue weighted by Gasteiger charge is 2.27. The summed E-state index contributed by atoms with van der Waals surface area (Å²) in [5.41, 5.74) is 4.26. The molecule has 0 amide bonds. The lowest BCUT2D eigenvalue weighted by Gasteiger charge is -2.18. The summed E-state index contributed by atoms with van der Waals surface area (Å²) in [6, 6.07) is 5.10. The fourth-order valence-electron chi connectivity index (χ4n) is 4.39. The number of tetrazole rings is 1. The number of hydrogen-bond donors (Lipinski definition) is 2. The third-order valence-corrected chi connectivity index (χ3v) is 6.64. The van der Waals surface area contributed by atoms with Crippen LogP contribution in [0.15, 0.2) is 61.3 Å². The molecule has 5 rings (SSSR count). The van der Waals surface area contributed by atoms with Gasteiger partial charge in [0.05, 0.1) is 30.6 Å². The number of nitrogens with one attached hydrogen (secondary N) is 1. The SMILES string of the molecule is COC(=C/C[C@@H](CC1CC1)n1cc(-c2ncnn2C(F)F)cn1)/C(=C\NO)c1cc(Cl)ccc1-n1cnnn1. The van der Waals surface area contributed by atoms with Crippen LogP contribution in [0.3, 0.4) is 0 Å². The molecule has 15 heteroatoms. The number of benzene rings is 1. The van der Waals surface area contributed by atoms with Crippen molar-refractivity contribution in [2.24, 2.45) is 5.92 Å². The van der Waals surface area contributed by atoms with E-state index in [1.165, 1.54) is 30.5 Å². The van der Waals surface area contributed by atoms with Crippen LogP contribution in [0.2, 0.25) is 5.02 Å². The van der Waals surface area contributed by atoms with Gasteiger partial charge in [0.25, 0.3) is 0 Å². The van der Waals surface area contributed by atoms with Crippen molar-refractivity contribution in [1.82, 2.24) is 50.2 Å². The molecule has 0 unspecified atom stereocenters. The Hall–Kier alpha value is -4.17. The second-order valence-corrected chi connectivity index (χ2v) is 9.40. The van der Waals surface area contributed by atoms with Gasteiger partial charge in [-0.15, -0.1) is 5.10 Å². The van der Waals surface area contributed by atoms with Crippen molar-refractivity contribution in [2.75, 3.05) is 7.11 Å². The second-order valence-electron chi connectivity index (χ2n) is 8.96. The number of nitrogens with zero attached hydrogens (tertiary/aromatic N) is 9. The lowest BCUT2D eigenvalue weighted by atomic mass is 10.00. The Labute approximate surface area is 226 Å². The van der Waals surface area contributed by atoms with Crippen LogP contribution in [0, 0.1) is 5.92 Å². The molecule has 1 fully saturated rings. The predicted octanol–water partition coefficient (Wildman–Crippen LogP) is 4.45. The minimum atomic E-state index is -2.81. The van der Waals surface area contributed by atoms with E-state index in [1.54, 1.807) is 29.1 Å². The largest absolute Gasteiger partial charge is 0.496 e. The molecule has 12 nitrogen and oxygen atoms in total. The van der Waals surface area contributed by atoms with E-state index in [4.69, 9.17) is 16.3 Å². The van der Waals surface area contributed by atoms with Crippen molar-refractivity contribution < 1.29 is 18.7 Å². The Morgan fingerprint density at radius 3 is 2.85 bits per heavy atom. The Morgan fingerprint density at radius 1 is 1.31 bits per heavy atom. The highest BCUT2D eigenvalue weighted by atomic mass is 35.5. The third kappa shape index (κ3) is 5.96. The normalized spacial score (nSPS) is 15.1. The molecule has 0 radical (unpaired) electrons. The summed E-state index contributed by atoms with van der Waals surface area (Å²) in [5, 5.41) is 29.5. The van der Waals surface area contributed by atoms with Crippen molar-refractivity contribution in [2.45, 2.75) is 38.3 Å². The van der Waals surface area contributed by atoms with E-state index in [1.807, 2.05) is 6.08 Å². The molecule has 0 spiro atoms. The van der Waals surface area contributed by atoms with Crippen LogP contribution in [0.4, 0.5) is 8.78 Å². The minimum absolute atomic E-state index is 0.0462. The van der Waals surface area contributed by atoms with E-state index in [9.17, 15) is 14.0 Å². The molecule has 0 saturated heterocycles. The fraction of sp³-hybridized carbons (Fsp3) is 0.333. The molecular formula is C24H25ClF2N10O2. The van der Waals surface area contributed by atoms with Crippen LogP contribution in [-0.4, -0.2) is 57.1 Å². The van der Waals surface area contributed by atoms with Gasteiger partial charge in [-0.25, -0.2) is 4.98 Å². The molecule has 3 heterocycles. The van der Waals surface area contributed by atoms with Gasteiger partial charge < -0.3 is 4.74 Å². The lowest BCUT2D eigenvalue weighted by molar-refractivity contribution is 0.0582. The van der Waals surface area contributed by atoms with Crippen LogP contribution in [-0.2, 0) is 4.74 Å². The van der Waals surface area contributed by atoms with Gasteiger partial charge in [0, 0.05) is 28.6 Å². The standard InChI is InChI=1S/C24H25ClF2N10O2/c1-39-22(20(11-32-38)19-9-17(25)4-6-21(19)36-14-29-33-34-36)7-5-18(8-15-2-3-15)35-12-16(10-30-35)23-28-13-31-37(23)24(26)27/h4,6-7,9-15,18,24,32,38H,2-3,5,8H2,1H3/b20-11-,22-7+/t18-/m0/s1. The van der Waals surface area contributed by atoms with E-state index in [0.29, 0.717) is 50.2 Å². The zero-order valence-corrected chi connectivity index (χ0v) is 21.5. The molecule has 1 aliphatic carbocycles. The molecule has 1 saturated carbocycles. The zero-order chi connectivity index (χ0) is 27.4. The Balaban J connectivity index is 1.46. The van der Waals surface area contributed by atoms with Gasteiger partial charge in [-0.3, -0.25) is 15.4 Å². The number of hydroxylamine groups is 1. The molecule has 39 heavy (non-hydrogen) atoms. The van der Waals surface area contributed by atoms with Gasteiger partial charge >= 0.3 is 6.55 Å². The average molecular weight is 559 g/mol. The summed E-state index contributed by atoms with van der Waals surface area (Å²) in [6.45, 7) is -2.81. The monoisotopic (exact) mass is 558 g/mol. The maximum Gasteiger partial charge on any atom is 0.335 e. The average Bonchev–Trinajstić information content (AvgIpc) is 3.35. The van der Waals surface area contributed by atoms with Gasteiger partial charge in [0.15, 0.2) is 5.82 Å². The number of allylic oxidation sites excluding steroid dienone is 2. The summed E-state index contributed by atoms with van der Waals surface area (Å²) in [7, 11) is 1.53. The first-order valence-corrected chi connectivity index (χ1v) is 12.5. The highest BCUT2D eigenvalue weighted by Crippen LogP contribution is 2.39. The quantitative estimate of drug-likeness (QED) is 0.147. The first-order chi connectivity index (χ1) is 19.0. The summed E-state index contributed by atoms with van der Waals surface area (Å²) >= 11 is 6.32. The summed E-state index contributed by atoms with van der Waals surface area (Å²) in [5.74, 6) is 1.06. The highest BCUT2D eigenvalue weighted by molar-refractivity contribution is 6.30. The zero-order valence-electron chi connectivity index (χ0n) is 20.8. The molecular weight excluding hydrogens is 534 g/mol. The van der Waals surface area contributed by atoms with E-state index in [0.717, 1.165) is 25.6 Å². The molecule has 204 valence electrons. The predicted molar refractivity (Wildman–Crippen MR) is 136 cm³/mol. The van der Waals surface area contributed by atoms with E-state index < -0.39 is 6.55 Å². The van der Waals surface area contributed by atoms with E-state index >= 15 is 0 Å². The van der Waals surface area contributed by atoms with Gasteiger partial charge in [-0.1, -0.05) is 24.4 Å². The number of alkyl halides is 2. The summed E-state index contributed by atoms with van der Waals surface area (Å²) in [6.07, 6.45) is 12.6. The van der Waals surface area contributed by atoms with Crippen molar-refractivity contribution in [3.63, 3.8) is 0 Å². The molecule has 1 aliphatic rings. The number of methoxy groups -OCH3 is 1. The summed E-state index contributed by atoms with van der Waals surface area (Å²) < 4.78 is 36.2. The lowest BCUT2D eigenvalue weighted by Crippen LogP contribution is -2.11. The minimum Gasteiger partial charge on any atom is -0.496 e. The number of rotatable bonds is 12. The van der Waals surface area contributed by atoms with E-state index in [2.05, 4.69) is 36.2 Å². The fourth-order valence-corrected chi connectivity index (χ4v) is 4.56. The first kappa shape index (κ1) is 26.4. The smallest absolute Gasteiger partial charge is 0.335 e. The maximum absolute atomic E-state index is 13.3.